The Morgan fingerprint density at radius 1 is 1.19 bits per heavy atom. The minimum atomic E-state index is -0.127. The molecule has 4 aliphatic rings. The van der Waals surface area contributed by atoms with Crippen molar-refractivity contribution < 1.29 is 14.6 Å². The van der Waals surface area contributed by atoms with Gasteiger partial charge in [-0.15, -0.1) is 0 Å². The van der Waals surface area contributed by atoms with Crippen molar-refractivity contribution in [1.29, 1.82) is 0 Å². The van der Waals surface area contributed by atoms with Crippen LogP contribution in [0.2, 0.25) is 0 Å². The number of ketones is 1. The van der Waals surface area contributed by atoms with E-state index >= 15 is 0 Å². The summed E-state index contributed by atoms with van der Waals surface area (Å²) in [6, 6.07) is 0. The van der Waals surface area contributed by atoms with Crippen LogP contribution in [0.4, 0.5) is 0 Å². The number of carbonyl (C=O) groups is 1. The van der Waals surface area contributed by atoms with Crippen molar-refractivity contribution in [3.05, 3.63) is 11.6 Å². The zero-order valence-electron chi connectivity index (χ0n) is 17.7. The zero-order valence-corrected chi connectivity index (χ0v) is 17.7. The van der Waals surface area contributed by atoms with E-state index in [9.17, 15) is 9.90 Å². The molecule has 7 atom stereocenters. The molecule has 0 radical (unpaired) electrons. The molecule has 3 nitrogen and oxygen atoms in total. The first kappa shape index (κ1) is 19.6. The lowest BCUT2D eigenvalue weighted by Gasteiger charge is -2.57. The fourth-order valence-corrected chi connectivity index (χ4v) is 7.22. The molecule has 0 amide bonds. The van der Waals surface area contributed by atoms with Gasteiger partial charge in [0.2, 0.25) is 0 Å². The van der Waals surface area contributed by atoms with E-state index in [4.69, 9.17) is 4.74 Å². The highest BCUT2D eigenvalue weighted by atomic mass is 16.5. The first-order valence-corrected chi connectivity index (χ1v) is 11.3. The maximum atomic E-state index is 12.1. The monoisotopic (exact) mass is 374 g/mol. The summed E-state index contributed by atoms with van der Waals surface area (Å²) in [6.45, 7) is 9.14. The number of allylic oxidation sites excluding steroid dienone is 1. The van der Waals surface area contributed by atoms with E-state index in [0.717, 1.165) is 43.4 Å². The average Bonchev–Trinajstić information content (AvgIpc) is 2.96. The second-order valence-electron chi connectivity index (χ2n) is 10.7. The van der Waals surface area contributed by atoms with Gasteiger partial charge in [0.15, 0.2) is 5.78 Å². The highest BCUT2D eigenvalue weighted by molar-refractivity contribution is 5.81. The number of hydrogen-bond acceptors (Lipinski definition) is 3. The second-order valence-corrected chi connectivity index (χ2v) is 10.7. The molecule has 0 aromatic carbocycles. The second kappa shape index (κ2) is 6.99. The highest BCUT2D eigenvalue weighted by Gasteiger charge is 2.59. The number of Topliss-reactive ketones (excluding diaryl/α,β-unsaturated/α-hetero) is 1. The number of aliphatic hydroxyl groups is 1. The van der Waals surface area contributed by atoms with E-state index < -0.39 is 0 Å². The van der Waals surface area contributed by atoms with Crippen LogP contribution in [0.15, 0.2) is 11.6 Å². The van der Waals surface area contributed by atoms with Gasteiger partial charge in [0.1, 0.15) is 6.61 Å². The molecule has 0 bridgehead atoms. The molecule has 3 heteroatoms. The van der Waals surface area contributed by atoms with Gasteiger partial charge in [-0.2, -0.15) is 0 Å². The summed E-state index contributed by atoms with van der Waals surface area (Å²) in [5.74, 6) is 2.53. The van der Waals surface area contributed by atoms with E-state index in [1.54, 1.807) is 5.57 Å². The van der Waals surface area contributed by atoms with Crippen molar-refractivity contribution in [3.63, 3.8) is 0 Å². The molecule has 152 valence electrons. The van der Waals surface area contributed by atoms with Gasteiger partial charge < -0.3 is 9.84 Å². The molecule has 4 aliphatic carbocycles. The number of rotatable bonds is 4. The van der Waals surface area contributed by atoms with E-state index in [-0.39, 0.29) is 29.3 Å². The fraction of sp³-hybridized carbons (Fsp3) is 0.875. The van der Waals surface area contributed by atoms with Gasteiger partial charge in [-0.25, -0.2) is 0 Å². The Balaban J connectivity index is 1.51. The van der Waals surface area contributed by atoms with Crippen molar-refractivity contribution in [2.45, 2.75) is 91.3 Å². The minimum Gasteiger partial charge on any atom is -0.393 e. The third-order valence-electron chi connectivity index (χ3n) is 9.06. The largest absolute Gasteiger partial charge is 0.393 e. The number of carbonyl (C=O) groups excluding carboxylic acids is 1. The summed E-state index contributed by atoms with van der Waals surface area (Å²) in [7, 11) is 0. The van der Waals surface area contributed by atoms with Gasteiger partial charge in [0.25, 0.3) is 0 Å². The molecular weight excluding hydrogens is 336 g/mol. The molecule has 3 unspecified atom stereocenters. The van der Waals surface area contributed by atoms with Gasteiger partial charge in [0.05, 0.1) is 12.2 Å². The van der Waals surface area contributed by atoms with Crippen molar-refractivity contribution in [1.82, 2.24) is 0 Å². The zero-order chi connectivity index (χ0) is 19.4. The topological polar surface area (TPSA) is 46.5 Å². The summed E-state index contributed by atoms with van der Waals surface area (Å²) >= 11 is 0. The Morgan fingerprint density at radius 3 is 2.70 bits per heavy atom. The van der Waals surface area contributed by atoms with Crippen LogP contribution in [0.25, 0.3) is 0 Å². The minimum absolute atomic E-state index is 0.0641. The molecule has 3 fully saturated rings. The van der Waals surface area contributed by atoms with Crippen LogP contribution in [0, 0.1) is 34.5 Å². The lowest BCUT2D eigenvalue weighted by atomic mass is 9.48. The Bertz CT molecular complexity index is 623. The summed E-state index contributed by atoms with van der Waals surface area (Å²) in [5.41, 5.74) is 2.07. The number of hydrogen-bond donors (Lipinski definition) is 1. The van der Waals surface area contributed by atoms with Crippen LogP contribution >= 0.6 is 0 Å². The molecule has 27 heavy (non-hydrogen) atoms. The van der Waals surface area contributed by atoms with Crippen molar-refractivity contribution in [2.75, 3.05) is 6.61 Å². The summed E-state index contributed by atoms with van der Waals surface area (Å²) in [6.07, 6.45) is 11.7. The standard InChI is InChI=1S/C24H38O3/c1-15(2)21(26)14-27-22-8-7-19-18-6-5-16-13-17(25)9-11-23(16,3)20(18)10-12-24(19,22)4/h5,15,17-20,22,25H,6-14H2,1-4H3/t17-,18?,19?,20?,22-,23-,24-/m0/s1. The van der Waals surface area contributed by atoms with Crippen LogP contribution < -0.4 is 0 Å². The number of ether oxygens (including phenoxy) is 1. The SMILES string of the molecule is CC(C)C(=O)CO[C@H]1CCC2C3CC=C4C[C@@H](O)CC[C@]4(C)C3CC[C@@]21C. The third-order valence-corrected chi connectivity index (χ3v) is 9.06. The molecule has 1 N–H and O–H groups in total. The lowest BCUT2D eigenvalue weighted by Crippen LogP contribution is -2.51. The molecule has 0 heterocycles. The van der Waals surface area contributed by atoms with Gasteiger partial charge >= 0.3 is 0 Å². The summed E-state index contributed by atoms with van der Waals surface area (Å²) in [4.78, 5) is 12.1. The first-order chi connectivity index (χ1) is 12.8. The normalized spacial score (nSPS) is 46.4. The number of aliphatic hydroxyl groups excluding tert-OH is 1. The highest BCUT2D eigenvalue weighted by Crippen LogP contribution is 2.65. The molecule has 0 aromatic rings. The summed E-state index contributed by atoms with van der Waals surface area (Å²) in [5, 5.41) is 10.1. The van der Waals surface area contributed by atoms with Crippen LogP contribution in [0.3, 0.4) is 0 Å². The molecule has 3 saturated carbocycles. The maximum Gasteiger partial charge on any atom is 0.160 e. The van der Waals surface area contributed by atoms with Gasteiger partial charge in [-0.3, -0.25) is 4.79 Å². The lowest BCUT2D eigenvalue weighted by molar-refractivity contribution is -0.135. The third kappa shape index (κ3) is 3.13. The maximum absolute atomic E-state index is 12.1. The molecule has 4 rings (SSSR count). The molecular formula is C24H38O3. The molecule has 0 spiro atoms. The van der Waals surface area contributed by atoms with Crippen LogP contribution in [0.1, 0.15) is 79.1 Å². The first-order valence-electron chi connectivity index (χ1n) is 11.3. The van der Waals surface area contributed by atoms with Gasteiger partial charge in [-0.1, -0.05) is 39.3 Å². The smallest absolute Gasteiger partial charge is 0.160 e. The predicted molar refractivity (Wildman–Crippen MR) is 107 cm³/mol. The number of fused-ring (bicyclic) bond motifs is 5. The van der Waals surface area contributed by atoms with Crippen LogP contribution in [0.5, 0.6) is 0 Å². The van der Waals surface area contributed by atoms with E-state index in [1.165, 1.54) is 25.7 Å². The molecule has 0 saturated heterocycles. The molecule has 0 aliphatic heterocycles. The van der Waals surface area contributed by atoms with Gasteiger partial charge in [0, 0.05) is 5.92 Å². The Kier molecular flexibility index (Phi) is 5.08. The Hall–Kier alpha value is -0.670. The molecule has 0 aromatic heterocycles. The van der Waals surface area contributed by atoms with Gasteiger partial charge in [-0.05, 0) is 80.0 Å². The van der Waals surface area contributed by atoms with E-state index in [1.807, 2.05) is 13.8 Å². The van der Waals surface area contributed by atoms with Crippen LogP contribution in [-0.4, -0.2) is 29.7 Å². The van der Waals surface area contributed by atoms with E-state index in [2.05, 4.69) is 19.9 Å². The fourth-order valence-electron chi connectivity index (χ4n) is 7.22. The average molecular weight is 375 g/mol. The Labute approximate surface area is 164 Å². The van der Waals surface area contributed by atoms with Crippen molar-refractivity contribution in [2.24, 2.45) is 34.5 Å². The van der Waals surface area contributed by atoms with Crippen molar-refractivity contribution >= 4 is 5.78 Å². The van der Waals surface area contributed by atoms with Crippen LogP contribution in [-0.2, 0) is 9.53 Å². The Morgan fingerprint density at radius 2 is 1.96 bits per heavy atom. The predicted octanol–water partition coefficient (Wildman–Crippen LogP) is 4.92. The summed E-state index contributed by atoms with van der Waals surface area (Å²) < 4.78 is 6.23. The van der Waals surface area contributed by atoms with E-state index in [0.29, 0.717) is 12.0 Å². The quantitative estimate of drug-likeness (QED) is 0.711. The van der Waals surface area contributed by atoms with Crippen molar-refractivity contribution in [3.8, 4) is 0 Å².